The number of ether oxygens (including phenoxy) is 1. The highest BCUT2D eigenvalue weighted by molar-refractivity contribution is 5.74. The molecule has 0 atom stereocenters. The zero-order chi connectivity index (χ0) is 11.3. The van der Waals surface area contributed by atoms with Crippen LogP contribution in [0.25, 0.3) is 0 Å². The van der Waals surface area contributed by atoms with Gasteiger partial charge in [-0.05, 0) is 36.1 Å². The Labute approximate surface area is 91.3 Å². The van der Waals surface area contributed by atoms with E-state index < -0.39 is 0 Å². The maximum absolute atomic E-state index is 10.4. The van der Waals surface area contributed by atoms with Crippen molar-refractivity contribution in [1.29, 1.82) is 0 Å². The number of rotatable bonds is 5. The lowest BCUT2D eigenvalue weighted by molar-refractivity contribution is 0.112. The third-order valence-corrected chi connectivity index (χ3v) is 2.60. The number of aldehydes is 1. The number of hydrogen-bond acceptors (Lipinski definition) is 2. The molecule has 2 heteroatoms. The molecule has 0 bridgehead atoms. The zero-order valence-corrected chi connectivity index (χ0v) is 9.62. The van der Waals surface area contributed by atoms with Gasteiger partial charge in [0.1, 0.15) is 12.0 Å². The van der Waals surface area contributed by atoms with E-state index in [1.165, 1.54) is 0 Å². The van der Waals surface area contributed by atoms with Crippen LogP contribution >= 0.6 is 0 Å². The van der Waals surface area contributed by atoms with E-state index in [9.17, 15) is 4.79 Å². The minimum Gasteiger partial charge on any atom is -0.493 e. The van der Waals surface area contributed by atoms with Crippen LogP contribution in [0.5, 0.6) is 5.75 Å². The van der Waals surface area contributed by atoms with Gasteiger partial charge < -0.3 is 4.74 Å². The Balaban J connectivity index is 2.54. The number of hydrogen-bond donors (Lipinski definition) is 0. The second-order valence-corrected chi connectivity index (χ2v) is 4.49. The van der Waals surface area contributed by atoms with Crippen molar-refractivity contribution in [3.63, 3.8) is 0 Å². The quantitative estimate of drug-likeness (QED) is 0.691. The fourth-order valence-electron chi connectivity index (χ4n) is 1.02. The molecule has 0 heterocycles. The van der Waals surface area contributed by atoms with E-state index in [1.807, 2.05) is 12.1 Å². The second kappa shape index (κ2) is 4.96. The first-order chi connectivity index (χ1) is 7.07. The largest absolute Gasteiger partial charge is 0.493 e. The molecule has 1 rings (SSSR count). The van der Waals surface area contributed by atoms with Crippen molar-refractivity contribution in [3.05, 3.63) is 29.8 Å². The summed E-state index contributed by atoms with van der Waals surface area (Å²) in [5.41, 5.74) is 0.876. The first kappa shape index (κ1) is 11.8. The first-order valence-corrected chi connectivity index (χ1v) is 5.25. The average Bonchev–Trinajstić information content (AvgIpc) is 2.27. The third-order valence-electron chi connectivity index (χ3n) is 2.60. The Morgan fingerprint density at radius 3 is 2.33 bits per heavy atom. The molecule has 1 aromatic rings. The van der Waals surface area contributed by atoms with Crippen molar-refractivity contribution < 1.29 is 9.53 Å². The Bertz CT molecular complexity index is 312. The molecule has 15 heavy (non-hydrogen) atoms. The summed E-state index contributed by atoms with van der Waals surface area (Å²) in [6.07, 6.45) is 1.92. The van der Waals surface area contributed by atoms with Gasteiger partial charge in [-0.1, -0.05) is 20.8 Å². The lowest BCUT2D eigenvalue weighted by atomic mass is 9.92. The van der Waals surface area contributed by atoms with E-state index in [0.29, 0.717) is 12.2 Å². The number of benzene rings is 1. The van der Waals surface area contributed by atoms with E-state index in [4.69, 9.17) is 4.74 Å². The summed E-state index contributed by atoms with van der Waals surface area (Å²) >= 11 is 0. The van der Waals surface area contributed by atoms with Gasteiger partial charge in [0.05, 0.1) is 6.61 Å². The van der Waals surface area contributed by atoms with Crippen LogP contribution in [0.2, 0.25) is 0 Å². The van der Waals surface area contributed by atoms with Crippen LogP contribution in [0.3, 0.4) is 0 Å². The van der Waals surface area contributed by atoms with Crippen LogP contribution in [0.15, 0.2) is 24.3 Å². The van der Waals surface area contributed by atoms with Gasteiger partial charge in [-0.3, -0.25) is 4.79 Å². The van der Waals surface area contributed by atoms with Crippen LogP contribution in [0, 0.1) is 5.41 Å². The summed E-state index contributed by atoms with van der Waals surface area (Å²) in [7, 11) is 0. The number of carbonyl (C=O) groups excluding carboxylic acids is 1. The Kier molecular flexibility index (Phi) is 3.89. The van der Waals surface area contributed by atoms with Gasteiger partial charge in [-0.2, -0.15) is 0 Å². The molecule has 82 valence electrons. The summed E-state index contributed by atoms with van der Waals surface area (Å²) in [6, 6.07) is 7.19. The third kappa shape index (κ3) is 3.74. The van der Waals surface area contributed by atoms with E-state index in [1.54, 1.807) is 12.1 Å². The SMILES string of the molecule is CCC(C)(C)COc1ccc(C=O)cc1. The average molecular weight is 206 g/mol. The fraction of sp³-hybridized carbons (Fsp3) is 0.462. The highest BCUT2D eigenvalue weighted by Crippen LogP contribution is 2.21. The van der Waals surface area contributed by atoms with Crippen molar-refractivity contribution >= 4 is 6.29 Å². The van der Waals surface area contributed by atoms with Crippen LogP contribution in [0.1, 0.15) is 37.6 Å². The summed E-state index contributed by atoms with van der Waals surface area (Å²) < 4.78 is 5.65. The molecular weight excluding hydrogens is 188 g/mol. The Morgan fingerprint density at radius 2 is 1.87 bits per heavy atom. The van der Waals surface area contributed by atoms with Crippen LogP contribution in [-0.4, -0.2) is 12.9 Å². The molecule has 0 unspecified atom stereocenters. The Morgan fingerprint density at radius 1 is 1.27 bits per heavy atom. The van der Waals surface area contributed by atoms with E-state index in [2.05, 4.69) is 20.8 Å². The summed E-state index contributed by atoms with van der Waals surface area (Å²) in [6.45, 7) is 7.20. The lowest BCUT2D eigenvalue weighted by Gasteiger charge is -2.22. The summed E-state index contributed by atoms with van der Waals surface area (Å²) in [4.78, 5) is 10.4. The highest BCUT2D eigenvalue weighted by atomic mass is 16.5. The lowest BCUT2D eigenvalue weighted by Crippen LogP contribution is -2.20. The molecule has 2 nitrogen and oxygen atoms in total. The summed E-state index contributed by atoms with van der Waals surface area (Å²) in [5, 5.41) is 0. The Hall–Kier alpha value is -1.31. The van der Waals surface area contributed by atoms with Crippen molar-refractivity contribution in [2.24, 2.45) is 5.41 Å². The predicted octanol–water partition coefficient (Wildman–Crippen LogP) is 3.31. The van der Waals surface area contributed by atoms with E-state index in [0.717, 1.165) is 18.5 Å². The molecule has 0 radical (unpaired) electrons. The first-order valence-electron chi connectivity index (χ1n) is 5.25. The monoisotopic (exact) mass is 206 g/mol. The molecule has 0 saturated carbocycles. The van der Waals surface area contributed by atoms with Gasteiger partial charge in [-0.15, -0.1) is 0 Å². The van der Waals surface area contributed by atoms with Gasteiger partial charge >= 0.3 is 0 Å². The minimum atomic E-state index is 0.198. The zero-order valence-electron chi connectivity index (χ0n) is 9.62. The van der Waals surface area contributed by atoms with Crippen molar-refractivity contribution in [2.45, 2.75) is 27.2 Å². The van der Waals surface area contributed by atoms with Gasteiger partial charge in [0, 0.05) is 5.56 Å². The van der Waals surface area contributed by atoms with Gasteiger partial charge in [-0.25, -0.2) is 0 Å². The smallest absolute Gasteiger partial charge is 0.150 e. The second-order valence-electron chi connectivity index (χ2n) is 4.49. The molecule has 0 aliphatic rings. The molecule has 0 N–H and O–H groups in total. The molecule has 0 fully saturated rings. The predicted molar refractivity (Wildman–Crippen MR) is 61.4 cm³/mol. The molecule has 0 saturated heterocycles. The maximum Gasteiger partial charge on any atom is 0.150 e. The molecule has 1 aromatic carbocycles. The van der Waals surface area contributed by atoms with Gasteiger partial charge in [0.25, 0.3) is 0 Å². The minimum absolute atomic E-state index is 0.198. The van der Waals surface area contributed by atoms with Crippen LogP contribution in [-0.2, 0) is 0 Å². The highest BCUT2D eigenvalue weighted by Gasteiger charge is 2.15. The normalized spacial score (nSPS) is 11.1. The topological polar surface area (TPSA) is 26.3 Å². The van der Waals surface area contributed by atoms with Crippen LogP contribution < -0.4 is 4.74 Å². The van der Waals surface area contributed by atoms with Gasteiger partial charge in [0.2, 0.25) is 0 Å². The molecule has 0 amide bonds. The fourth-order valence-corrected chi connectivity index (χ4v) is 1.02. The van der Waals surface area contributed by atoms with Crippen molar-refractivity contribution in [1.82, 2.24) is 0 Å². The summed E-state index contributed by atoms with van der Waals surface area (Å²) in [5.74, 6) is 0.821. The van der Waals surface area contributed by atoms with Crippen LogP contribution in [0.4, 0.5) is 0 Å². The molecule has 0 aliphatic carbocycles. The molecule has 0 aliphatic heterocycles. The molecule has 0 aromatic heterocycles. The van der Waals surface area contributed by atoms with Crippen molar-refractivity contribution in [2.75, 3.05) is 6.61 Å². The molecule has 0 spiro atoms. The van der Waals surface area contributed by atoms with Gasteiger partial charge in [0.15, 0.2) is 0 Å². The maximum atomic E-state index is 10.4. The van der Waals surface area contributed by atoms with Crippen molar-refractivity contribution in [3.8, 4) is 5.75 Å². The molecular formula is C13H18O2. The van der Waals surface area contributed by atoms with E-state index >= 15 is 0 Å². The van der Waals surface area contributed by atoms with E-state index in [-0.39, 0.29) is 5.41 Å². The standard InChI is InChI=1S/C13H18O2/c1-4-13(2,3)10-15-12-7-5-11(9-14)6-8-12/h5-9H,4,10H2,1-3H3. The number of carbonyl (C=O) groups is 1.